The van der Waals surface area contributed by atoms with Crippen molar-refractivity contribution in [2.45, 2.75) is 33.4 Å². The summed E-state index contributed by atoms with van der Waals surface area (Å²) in [5.74, 6) is -0.509. The fraction of sp³-hybridized carbons (Fsp3) is 0.259. The number of aromatic nitrogens is 2. The summed E-state index contributed by atoms with van der Waals surface area (Å²) < 4.78 is 5.83. The van der Waals surface area contributed by atoms with Crippen LogP contribution >= 0.6 is 0 Å². The van der Waals surface area contributed by atoms with Crippen molar-refractivity contribution in [1.29, 1.82) is 0 Å². The van der Waals surface area contributed by atoms with Gasteiger partial charge in [-0.3, -0.25) is 19.6 Å². The number of aliphatic hydroxyl groups is 1. The molecule has 0 aliphatic carbocycles. The molecule has 0 saturated carbocycles. The zero-order valence-corrected chi connectivity index (χ0v) is 19.4. The van der Waals surface area contributed by atoms with Crippen LogP contribution in [0.4, 0.5) is 0 Å². The van der Waals surface area contributed by atoms with Gasteiger partial charge < -0.3 is 14.7 Å². The molecule has 174 valence electrons. The number of hydrogen-bond acceptors (Lipinski definition) is 6. The molecule has 4 rings (SSSR count). The van der Waals surface area contributed by atoms with Crippen LogP contribution in [0.3, 0.4) is 0 Å². The summed E-state index contributed by atoms with van der Waals surface area (Å²) in [5, 5.41) is 11.3. The lowest BCUT2D eigenvalue weighted by Crippen LogP contribution is -2.29. The van der Waals surface area contributed by atoms with Crippen LogP contribution in [-0.2, 0) is 16.1 Å². The number of carbonyl (C=O) groups excluding carboxylic acids is 2. The lowest BCUT2D eigenvalue weighted by atomic mass is 9.95. The highest BCUT2D eigenvalue weighted by Gasteiger charge is 2.46. The average Bonchev–Trinajstić information content (AvgIpc) is 3.09. The van der Waals surface area contributed by atoms with Gasteiger partial charge in [0.1, 0.15) is 11.5 Å². The van der Waals surface area contributed by atoms with E-state index in [0.29, 0.717) is 29.4 Å². The quantitative estimate of drug-likeness (QED) is 0.320. The van der Waals surface area contributed by atoms with E-state index in [1.165, 1.54) is 4.90 Å². The summed E-state index contributed by atoms with van der Waals surface area (Å²) in [4.78, 5) is 35.9. The third-order valence-corrected chi connectivity index (χ3v) is 5.66. The molecule has 1 aliphatic rings. The number of hydrogen-bond donors (Lipinski definition) is 1. The second-order valence-corrected chi connectivity index (χ2v) is 8.75. The lowest BCUT2D eigenvalue weighted by Gasteiger charge is -2.25. The molecule has 0 bridgehead atoms. The summed E-state index contributed by atoms with van der Waals surface area (Å²) >= 11 is 0. The third-order valence-electron chi connectivity index (χ3n) is 5.66. The van der Waals surface area contributed by atoms with E-state index in [9.17, 15) is 14.7 Å². The molecule has 3 aromatic rings. The summed E-state index contributed by atoms with van der Waals surface area (Å²) in [6.07, 6.45) is 6.51. The molecular formula is C27H27N3O4. The smallest absolute Gasteiger partial charge is 0.295 e. The van der Waals surface area contributed by atoms with Gasteiger partial charge in [-0.1, -0.05) is 19.9 Å². The largest absolute Gasteiger partial charge is 0.507 e. The number of likely N-dealkylation sites (tertiary alicyclic amines) is 1. The Morgan fingerprint density at radius 2 is 1.85 bits per heavy atom. The number of Topliss-reactive ketones (excluding diaryl/α,β-unsaturated/α-hetero) is 1. The van der Waals surface area contributed by atoms with Gasteiger partial charge in [0.25, 0.3) is 11.7 Å². The molecule has 1 fully saturated rings. The number of pyridine rings is 2. The van der Waals surface area contributed by atoms with E-state index in [2.05, 4.69) is 23.8 Å². The second kappa shape index (κ2) is 9.87. The maximum absolute atomic E-state index is 13.2. The average molecular weight is 458 g/mol. The number of ketones is 1. The summed E-state index contributed by atoms with van der Waals surface area (Å²) in [6, 6.07) is 11.6. The predicted molar refractivity (Wildman–Crippen MR) is 128 cm³/mol. The number of carbonyl (C=O) groups is 2. The standard InChI is InChI=1S/C27H27N3O4/c1-17(2)16-34-22-7-6-21(13-18(22)3)25(31)23-24(20-8-11-28-12-9-20)30(27(33)26(23)32)15-19-5-4-10-29-14-19/h4-14,17,24,31H,15-16H2,1-3H3/t24-/m1/s1. The number of nitrogens with zero attached hydrogens (tertiary/aromatic N) is 3. The van der Waals surface area contributed by atoms with Gasteiger partial charge in [0.05, 0.1) is 18.2 Å². The highest BCUT2D eigenvalue weighted by atomic mass is 16.5. The van der Waals surface area contributed by atoms with Gasteiger partial charge in [-0.05, 0) is 65.9 Å². The van der Waals surface area contributed by atoms with Crippen molar-refractivity contribution in [3.63, 3.8) is 0 Å². The summed E-state index contributed by atoms with van der Waals surface area (Å²) in [5.41, 5.74) is 2.80. The zero-order valence-electron chi connectivity index (χ0n) is 19.4. The van der Waals surface area contributed by atoms with E-state index >= 15 is 0 Å². The lowest BCUT2D eigenvalue weighted by molar-refractivity contribution is -0.140. The first-order valence-corrected chi connectivity index (χ1v) is 11.2. The number of aryl methyl sites for hydroxylation is 1. The molecule has 0 unspecified atom stereocenters. The van der Waals surface area contributed by atoms with E-state index in [1.54, 1.807) is 61.2 Å². The van der Waals surface area contributed by atoms with Gasteiger partial charge in [-0.15, -0.1) is 0 Å². The molecule has 1 amide bonds. The molecule has 1 N–H and O–H groups in total. The molecule has 7 nitrogen and oxygen atoms in total. The SMILES string of the molecule is Cc1cc(C(O)=C2C(=O)C(=O)N(Cc3cccnc3)[C@@H]2c2ccncc2)ccc1OCC(C)C. The van der Waals surface area contributed by atoms with E-state index in [1.807, 2.05) is 13.0 Å². The highest BCUT2D eigenvalue weighted by molar-refractivity contribution is 6.46. The Balaban J connectivity index is 1.77. The van der Waals surface area contributed by atoms with E-state index in [4.69, 9.17) is 4.74 Å². The van der Waals surface area contributed by atoms with Gasteiger partial charge in [-0.2, -0.15) is 0 Å². The van der Waals surface area contributed by atoms with Crippen LogP contribution in [0.2, 0.25) is 0 Å². The maximum atomic E-state index is 13.2. The van der Waals surface area contributed by atoms with Crippen LogP contribution in [0.15, 0.2) is 72.8 Å². The Labute approximate surface area is 198 Å². The summed E-state index contributed by atoms with van der Waals surface area (Å²) in [6.45, 7) is 6.78. The number of rotatable bonds is 7. The number of amides is 1. The summed E-state index contributed by atoms with van der Waals surface area (Å²) in [7, 11) is 0. The second-order valence-electron chi connectivity index (χ2n) is 8.75. The van der Waals surface area contributed by atoms with Gasteiger partial charge in [0, 0.05) is 36.9 Å². The van der Waals surface area contributed by atoms with E-state index in [-0.39, 0.29) is 17.9 Å². The van der Waals surface area contributed by atoms with Crippen molar-refractivity contribution in [2.75, 3.05) is 6.61 Å². The number of benzene rings is 1. The Kier molecular flexibility index (Phi) is 6.72. The van der Waals surface area contributed by atoms with Crippen LogP contribution in [-0.4, -0.2) is 38.3 Å². The monoisotopic (exact) mass is 457 g/mol. The van der Waals surface area contributed by atoms with Crippen molar-refractivity contribution in [1.82, 2.24) is 14.9 Å². The molecule has 1 aliphatic heterocycles. The van der Waals surface area contributed by atoms with Crippen LogP contribution in [0.1, 0.15) is 42.1 Å². The van der Waals surface area contributed by atoms with Crippen LogP contribution in [0, 0.1) is 12.8 Å². The minimum absolute atomic E-state index is 0.0512. The minimum atomic E-state index is -0.750. The van der Waals surface area contributed by atoms with Crippen molar-refractivity contribution in [3.05, 3.63) is 95.1 Å². The molecule has 34 heavy (non-hydrogen) atoms. The molecule has 7 heteroatoms. The van der Waals surface area contributed by atoms with Crippen LogP contribution in [0.5, 0.6) is 5.75 Å². The first-order valence-electron chi connectivity index (χ1n) is 11.2. The number of aliphatic hydroxyl groups excluding tert-OH is 1. The maximum Gasteiger partial charge on any atom is 0.295 e. The molecule has 1 aromatic carbocycles. The molecule has 3 heterocycles. The molecule has 0 radical (unpaired) electrons. The Bertz CT molecular complexity index is 1220. The van der Waals surface area contributed by atoms with Crippen molar-refractivity contribution >= 4 is 17.4 Å². The third kappa shape index (κ3) is 4.69. The predicted octanol–water partition coefficient (Wildman–Crippen LogP) is 4.44. The first kappa shape index (κ1) is 23.2. The fourth-order valence-corrected chi connectivity index (χ4v) is 3.99. The van der Waals surface area contributed by atoms with Crippen molar-refractivity contribution in [3.8, 4) is 5.75 Å². The van der Waals surface area contributed by atoms with Crippen LogP contribution < -0.4 is 4.74 Å². The fourth-order valence-electron chi connectivity index (χ4n) is 3.99. The molecule has 0 spiro atoms. The molecule has 2 aromatic heterocycles. The van der Waals surface area contributed by atoms with Crippen molar-refractivity contribution < 1.29 is 19.4 Å². The Morgan fingerprint density at radius 1 is 1.09 bits per heavy atom. The van der Waals surface area contributed by atoms with Gasteiger partial charge in [0.15, 0.2) is 0 Å². The van der Waals surface area contributed by atoms with E-state index < -0.39 is 17.7 Å². The first-order chi connectivity index (χ1) is 16.4. The minimum Gasteiger partial charge on any atom is -0.507 e. The van der Waals surface area contributed by atoms with Gasteiger partial charge in [0.2, 0.25) is 0 Å². The molecule has 1 atom stereocenters. The van der Waals surface area contributed by atoms with Gasteiger partial charge >= 0.3 is 0 Å². The Hall–Kier alpha value is -4.00. The molecular weight excluding hydrogens is 430 g/mol. The normalized spacial score (nSPS) is 17.4. The topological polar surface area (TPSA) is 92.6 Å². The zero-order chi connectivity index (χ0) is 24.2. The highest BCUT2D eigenvalue weighted by Crippen LogP contribution is 2.40. The van der Waals surface area contributed by atoms with Crippen molar-refractivity contribution in [2.24, 2.45) is 5.92 Å². The van der Waals surface area contributed by atoms with Crippen LogP contribution in [0.25, 0.3) is 5.76 Å². The molecule has 1 saturated heterocycles. The number of ether oxygens (including phenoxy) is 1. The van der Waals surface area contributed by atoms with Gasteiger partial charge in [-0.25, -0.2) is 0 Å². The van der Waals surface area contributed by atoms with E-state index in [0.717, 1.165) is 11.1 Å². The Morgan fingerprint density at radius 3 is 2.50 bits per heavy atom.